The zero-order valence-electron chi connectivity index (χ0n) is 20.6. The third kappa shape index (κ3) is 8.14. The van der Waals surface area contributed by atoms with Crippen molar-refractivity contribution in [1.82, 2.24) is 0 Å². The smallest absolute Gasteiger partial charge is 0.395 e. The van der Waals surface area contributed by atoms with E-state index in [1.165, 1.54) is 18.2 Å². The molecule has 3 aromatic carbocycles. The molecule has 0 aliphatic heterocycles. The molecular weight excluding hydrogens is 479 g/mol. The lowest BCUT2D eigenvalue weighted by Gasteiger charge is -2.27. The molecule has 0 unspecified atom stereocenters. The second-order valence-corrected chi connectivity index (χ2v) is 9.40. The van der Waals surface area contributed by atoms with Gasteiger partial charge in [0.2, 0.25) is 0 Å². The number of hydrogen-bond acceptors (Lipinski definition) is 3. The van der Waals surface area contributed by atoms with Crippen LogP contribution in [-0.4, -0.2) is 12.2 Å². The van der Waals surface area contributed by atoms with Crippen LogP contribution in [0.25, 0.3) is 0 Å². The van der Waals surface area contributed by atoms with E-state index in [0.29, 0.717) is 44.4 Å². The van der Waals surface area contributed by atoms with Gasteiger partial charge in [-0.2, -0.15) is 17.6 Å². The van der Waals surface area contributed by atoms with Crippen LogP contribution in [0.3, 0.4) is 0 Å². The zero-order chi connectivity index (χ0) is 26.6. The molecule has 36 heavy (non-hydrogen) atoms. The Hall–Kier alpha value is -3.29. The molecule has 0 bridgehead atoms. The average molecular weight is 509 g/mol. The van der Waals surface area contributed by atoms with Crippen LogP contribution in [-0.2, 0) is 11.8 Å². The monoisotopic (exact) mass is 508 g/mol. The molecule has 0 heterocycles. The topological polar surface area (TPSA) is 27.7 Å². The van der Waals surface area contributed by atoms with Gasteiger partial charge < -0.3 is 14.2 Å². The summed E-state index contributed by atoms with van der Waals surface area (Å²) in [7, 11) is 0. The fourth-order valence-electron chi connectivity index (χ4n) is 3.76. The van der Waals surface area contributed by atoms with E-state index < -0.39 is 34.9 Å². The van der Waals surface area contributed by atoms with E-state index in [9.17, 15) is 22.0 Å². The third-order valence-electron chi connectivity index (χ3n) is 5.54. The quantitative estimate of drug-likeness (QED) is 0.242. The Kier molecular flexibility index (Phi) is 8.16. The molecule has 0 amide bonds. The minimum atomic E-state index is -3.58. The minimum absolute atomic E-state index is 0.128. The molecule has 0 radical (unpaired) electrons. The van der Waals surface area contributed by atoms with Crippen molar-refractivity contribution >= 4 is 0 Å². The van der Waals surface area contributed by atoms with Gasteiger partial charge in [0, 0.05) is 13.8 Å². The van der Waals surface area contributed by atoms with Gasteiger partial charge in [0.05, 0.1) is 0 Å². The Bertz CT molecular complexity index is 1150. The molecule has 0 spiro atoms. The molecule has 0 saturated heterocycles. The highest BCUT2D eigenvalue weighted by atomic mass is 19.3. The van der Waals surface area contributed by atoms with Crippen molar-refractivity contribution in [3.8, 4) is 23.0 Å². The summed E-state index contributed by atoms with van der Waals surface area (Å²) in [5, 5.41) is 0. The van der Waals surface area contributed by atoms with Crippen molar-refractivity contribution in [3.05, 3.63) is 83.7 Å². The Morgan fingerprint density at radius 1 is 0.694 bits per heavy atom. The first kappa shape index (κ1) is 27.3. The molecule has 3 aromatic rings. The van der Waals surface area contributed by atoms with Crippen LogP contribution >= 0.6 is 0 Å². The van der Waals surface area contributed by atoms with Gasteiger partial charge in [-0.1, -0.05) is 44.2 Å². The first-order valence-electron chi connectivity index (χ1n) is 11.5. The predicted octanol–water partition coefficient (Wildman–Crippen LogP) is 8.90. The summed E-state index contributed by atoms with van der Waals surface area (Å²) in [4.78, 5) is 0. The van der Waals surface area contributed by atoms with E-state index >= 15 is 0 Å². The van der Waals surface area contributed by atoms with Crippen LogP contribution in [0.5, 0.6) is 23.0 Å². The number of ether oxygens (including phenoxy) is 3. The highest BCUT2D eigenvalue weighted by Crippen LogP contribution is 2.39. The van der Waals surface area contributed by atoms with E-state index in [2.05, 4.69) is 9.47 Å². The van der Waals surface area contributed by atoms with Crippen LogP contribution in [0.1, 0.15) is 51.7 Å². The van der Waals surface area contributed by atoms with Crippen LogP contribution in [0.15, 0.2) is 66.7 Å². The number of benzene rings is 3. The summed E-state index contributed by atoms with van der Waals surface area (Å²) in [6, 6.07) is 17.7. The van der Waals surface area contributed by atoms with Gasteiger partial charge in [-0.05, 0) is 72.2 Å². The van der Waals surface area contributed by atoms with Crippen molar-refractivity contribution in [3.63, 3.8) is 0 Å². The zero-order valence-corrected chi connectivity index (χ0v) is 20.6. The Morgan fingerprint density at radius 2 is 1.33 bits per heavy atom. The molecule has 0 aliphatic carbocycles. The fraction of sp³-hybridized carbons (Fsp3) is 0.357. The molecule has 3 nitrogen and oxygen atoms in total. The van der Waals surface area contributed by atoms with Gasteiger partial charge in [0.25, 0.3) is 0 Å². The number of alkyl halides is 4. The average Bonchev–Trinajstić information content (AvgIpc) is 2.76. The van der Waals surface area contributed by atoms with Crippen LogP contribution in [0.4, 0.5) is 22.0 Å². The number of halogens is 5. The number of para-hydroxylation sites is 1. The molecule has 0 atom stereocenters. The summed E-state index contributed by atoms with van der Waals surface area (Å²) in [5.74, 6) is -0.748. The van der Waals surface area contributed by atoms with Crippen LogP contribution < -0.4 is 14.2 Å². The second kappa shape index (κ2) is 10.8. The SMILES string of the molecule is CC(F)(F)Oc1ccc(C(C)(C)CCCc2ccc(F)c(Oc3ccccc3)c2)cc1OC(C)(F)F. The van der Waals surface area contributed by atoms with Gasteiger partial charge in [-0.25, -0.2) is 4.39 Å². The molecule has 0 aliphatic rings. The molecule has 0 fully saturated rings. The molecule has 0 aromatic heterocycles. The van der Waals surface area contributed by atoms with Gasteiger partial charge in [-0.15, -0.1) is 0 Å². The van der Waals surface area contributed by atoms with Gasteiger partial charge in [0.15, 0.2) is 23.1 Å². The third-order valence-corrected chi connectivity index (χ3v) is 5.54. The summed E-state index contributed by atoms with van der Waals surface area (Å²) in [6.07, 6.45) is -5.20. The lowest BCUT2D eigenvalue weighted by molar-refractivity contribution is -0.175. The van der Waals surface area contributed by atoms with Gasteiger partial charge >= 0.3 is 12.2 Å². The Balaban J connectivity index is 1.71. The van der Waals surface area contributed by atoms with Crippen molar-refractivity contribution in [1.29, 1.82) is 0 Å². The molecule has 0 N–H and O–H groups in total. The van der Waals surface area contributed by atoms with Gasteiger partial charge in [0.1, 0.15) is 5.75 Å². The standard InChI is InChI=1S/C28H29F5O3/c1-26(2,20-13-15-23(35-27(3,30)31)25(18-20)36-28(4,32)33)16-8-9-19-12-14-22(29)24(17-19)34-21-10-6-5-7-11-21/h5-7,10-15,17-18H,8-9,16H2,1-4H3. The first-order chi connectivity index (χ1) is 16.7. The van der Waals surface area contributed by atoms with E-state index in [1.54, 1.807) is 42.5 Å². The highest BCUT2D eigenvalue weighted by Gasteiger charge is 2.31. The predicted molar refractivity (Wildman–Crippen MR) is 128 cm³/mol. The Morgan fingerprint density at radius 3 is 1.97 bits per heavy atom. The summed E-state index contributed by atoms with van der Waals surface area (Å²) >= 11 is 0. The second-order valence-electron chi connectivity index (χ2n) is 9.40. The lowest BCUT2D eigenvalue weighted by atomic mass is 9.79. The Labute approximate surface area is 207 Å². The number of rotatable bonds is 11. The van der Waals surface area contributed by atoms with Gasteiger partial charge in [-0.3, -0.25) is 0 Å². The lowest BCUT2D eigenvalue weighted by Crippen LogP contribution is -2.24. The maximum Gasteiger partial charge on any atom is 0.395 e. The molecule has 194 valence electrons. The molecular formula is C28H29F5O3. The molecule has 3 rings (SSSR count). The van der Waals surface area contributed by atoms with Crippen molar-refractivity contribution in [2.75, 3.05) is 0 Å². The molecule has 0 saturated carbocycles. The highest BCUT2D eigenvalue weighted by molar-refractivity contribution is 5.45. The van der Waals surface area contributed by atoms with E-state index in [0.717, 1.165) is 5.56 Å². The normalized spacial score (nSPS) is 12.4. The maximum atomic E-state index is 14.2. The van der Waals surface area contributed by atoms with Crippen molar-refractivity contribution < 1.29 is 36.2 Å². The first-order valence-corrected chi connectivity index (χ1v) is 11.5. The number of aryl methyl sites for hydroxylation is 1. The van der Waals surface area contributed by atoms with E-state index in [4.69, 9.17) is 4.74 Å². The largest absolute Gasteiger partial charge is 0.454 e. The summed E-state index contributed by atoms with van der Waals surface area (Å²) < 4.78 is 82.8. The van der Waals surface area contributed by atoms with E-state index in [-0.39, 0.29) is 5.75 Å². The summed E-state index contributed by atoms with van der Waals surface area (Å²) in [6.45, 7) is 4.88. The fourth-order valence-corrected chi connectivity index (χ4v) is 3.76. The molecule has 8 heteroatoms. The van der Waals surface area contributed by atoms with Crippen molar-refractivity contribution in [2.45, 2.75) is 64.6 Å². The number of hydrogen-bond donors (Lipinski definition) is 0. The minimum Gasteiger partial charge on any atom is -0.454 e. The maximum absolute atomic E-state index is 14.2. The van der Waals surface area contributed by atoms with Crippen LogP contribution in [0.2, 0.25) is 0 Å². The van der Waals surface area contributed by atoms with Crippen molar-refractivity contribution in [2.24, 2.45) is 0 Å². The summed E-state index contributed by atoms with van der Waals surface area (Å²) in [5.41, 5.74) is 1.00. The van der Waals surface area contributed by atoms with E-state index in [1.807, 2.05) is 19.9 Å². The van der Waals surface area contributed by atoms with Crippen LogP contribution in [0, 0.1) is 5.82 Å².